The van der Waals surface area contributed by atoms with Crippen LogP contribution in [-0.4, -0.2) is 10.2 Å². The Morgan fingerprint density at radius 1 is 0.657 bits per heavy atom. The molecule has 0 unspecified atom stereocenters. The summed E-state index contributed by atoms with van der Waals surface area (Å²) in [5.74, 6) is 0.708. The highest BCUT2D eigenvalue weighted by Crippen LogP contribution is 2.41. The minimum Gasteiger partial charge on any atom is -0.507 e. The summed E-state index contributed by atoms with van der Waals surface area (Å²) < 4.78 is 0. The highest BCUT2D eigenvalue weighted by molar-refractivity contribution is 5.50. The molecule has 1 aromatic rings. The van der Waals surface area contributed by atoms with Gasteiger partial charge in [-0.25, -0.2) is 0 Å². The molecule has 2 rings (SSSR count). The summed E-state index contributed by atoms with van der Waals surface area (Å²) in [6.07, 6.45) is 31.4. The molecule has 0 aromatic heterocycles. The van der Waals surface area contributed by atoms with Crippen LogP contribution in [0.5, 0.6) is 11.5 Å². The molecule has 35 heavy (non-hydrogen) atoms. The summed E-state index contributed by atoms with van der Waals surface area (Å²) in [7, 11) is 0. The smallest absolute Gasteiger partial charge is 0.123 e. The van der Waals surface area contributed by atoms with Crippen LogP contribution < -0.4 is 0 Å². The van der Waals surface area contributed by atoms with Crippen LogP contribution in [0.25, 0.3) is 0 Å². The zero-order valence-electron chi connectivity index (χ0n) is 23.3. The van der Waals surface area contributed by atoms with Gasteiger partial charge in [0.1, 0.15) is 11.5 Å². The first-order chi connectivity index (χ1) is 17.1. The summed E-state index contributed by atoms with van der Waals surface area (Å²) in [4.78, 5) is 0. The van der Waals surface area contributed by atoms with Crippen molar-refractivity contribution in [2.45, 2.75) is 161 Å². The topological polar surface area (TPSA) is 40.5 Å². The van der Waals surface area contributed by atoms with Gasteiger partial charge in [0.05, 0.1) is 0 Å². The Balaban J connectivity index is 1.43. The summed E-state index contributed by atoms with van der Waals surface area (Å²) in [5, 5.41) is 21.1. The average Bonchev–Trinajstić information content (AvgIpc) is 2.83. The van der Waals surface area contributed by atoms with Gasteiger partial charge in [0.15, 0.2) is 0 Å². The molecule has 0 bridgehead atoms. The van der Waals surface area contributed by atoms with Crippen molar-refractivity contribution in [3.63, 3.8) is 0 Å². The zero-order valence-corrected chi connectivity index (χ0v) is 23.3. The second-order valence-electron chi connectivity index (χ2n) is 11.3. The molecule has 0 aliphatic heterocycles. The Bertz CT molecular complexity index is 682. The summed E-state index contributed by atoms with van der Waals surface area (Å²) in [6, 6.07) is 3.78. The molecule has 1 aliphatic rings. The number of hydrogen-bond donors (Lipinski definition) is 2. The molecule has 0 fully saturated rings. The van der Waals surface area contributed by atoms with E-state index in [1.165, 1.54) is 115 Å². The van der Waals surface area contributed by atoms with Crippen molar-refractivity contribution in [3.8, 4) is 11.5 Å². The van der Waals surface area contributed by atoms with Gasteiger partial charge >= 0.3 is 0 Å². The quantitative estimate of drug-likeness (QED) is 0.143. The second-order valence-corrected chi connectivity index (χ2v) is 11.3. The van der Waals surface area contributed by atoms with E-state index in [-0.39, 0.29) is 17.4 Å². The molecule has 2 heteroatoms. The van der Waals surface area contributed by atoms with Gasteiger partial charge in [-0.1, -0.05) is 128 Å². The number of phenols is 2. The number of aromatic hydroxyl groups is 2. The maximum Gasteiger partial charge on any atom is 0.123 e. The molecule has 2 nitrogen and oxygen atoms in total. The van der Waals surface area contributed by atoms with Gasteiger partial charge in [0.25, 0.3) is 0 Å². The summed E-state index contributed by atoms with van der Waals surface area (Å²) in [6.45, 7) is 4.44. The van der Waals surface area contributed by atoms with E-state index in [2.05, 4.69) is 19.9 Å². The number of allylic oxidation sites excluding steroid dienone is 2. The molecule has 0 spiro atoms. The Hall–Kier alpha value is -1.44. The van der Waals surface area contributed by atoms with Gasteiger partial charge in [-0.3, -0.25) is 0 Å². The Kier molecular flexibility index (Phi) is 16.0. The van der Waals surface area contributed by atoms with Crippen LogP contribution in [0.15, 0.2) is 23.8 Å². The number of benzene rings is 1. The van der Waals surface area contributed by atoms with Crippen LogP contribution in [0, 0.1) is 0 Å². The van der Waals surface area contributed by atoms with Crippen LogP contribution >= 0.6 is 0 Å². The van der Waals surface area contributed by atoms with Crippen molar-refractivity contribution < 1.29 is 10.2 Å². The van der Waals surface area contributed by atoms with Crippen LogP contribution in [0.3, 0.4) is 0 Å². The van der Waals surface area contributed by atoms with Crippen LogP contribution in [0.2, 0.25) is 0 Å². The minimum atomic E-state index is 0.155. The lowest BCUT2D eigenvalue weighted by Gasteiger charge is -2.22. The lowest BCUT2D eigenvalue weighted by Crippen LogP contribution is -2.03. The number of hydrogen-bond acceptors (Lipinski definition) is 2. The lowest BCUT2D eigenvalue weighted by atomic mass is 9.84. The molecule has 0 saturated carbocycles. The third-order valence-electron chi connectivity index (χ3n) is 7.96. The fourth-order valence-electron chi connectivity index (χ4n) is 5.77. The van der Waals surface area contributed by atoms with E-state index in [0.717, 1.165) is 43.2 Å². The maximum atomic E-state index is 10.6. The molecular weight excluding hydrogens is 428 g/mol. The van der Waals surface area contributed by atoms with Gasteiger partial charge in [-0.05, 0) is 56.7 Å². The predicted molar refractivity (Wildman–Crippen MR) is 153 cm³/mol. The van der Waals surface area contributed by atoms with E-state index in [4.69, 9.17) is 0 Å². The van der Waals surface area contributed by atoms with Crippen molar-refractivity contribution >= 4 is 0 Å². The number of phenolic OH excluding ortho intramolecular Hbond substituents is 2. The minimum absolute atomic E-state index is 0.155. The Labute approximate surface area is 217 Å². The van der Waals surface area contributed by atoms with Crippen molar-refractivity contribution in [3.05, 3.63) is 34.9 Å². The first kappa shape index (κ1) is 29.8. The van der Waals surface area contributed by atoms with Crippen LogP contribution in [0.4, 0.5) is 0 Å². The summed E-state index contributed by atoms with van der Waals surface area (Å²) in [5.41, 5.74) is 3.16. The van der Waals surface area contributed by atoms with Crippen LogP contribution in [0.1, 0.15) is 166 Å². The Morgan fingerprint density at radius 2 is 1.09 bits per heavy atom. The molecule has 0 heterocycles. The van der Waals surface area contributed by atoms with Crippen LogP contribution in [-0.2, 0) is 6.42 Å². The van der Waals surface area contributed by atoms with Gasteiger partial charge in [0, 0.05) is 11.5 Å². The standard InChI is InChI=1S/C33H56O2/c1-3-4-5-6-7-8-9-10-11-12-13-14-15-16-17-18-19-20-23-29-26-31(34)33(32(35)27-29)30-24-21-22-28(2)25-30/h25-27,30,34-35H,3-24H2,1-2H3/t30-/m1/s1. The lowest BCUT2D eigenvalue weighted by molar-refractivity contribution is 0.427. The van der Waals surface area contributed by atoms with Crippen molar-refractivity contribution in [2.24, 2.45) is 0 Å². The molecule has 1 aromatic carbocycles. The average molecular weight is 485 g/mol. The SMILES string of the molecule is CCCCCCCCCCCCCCCCCCCCc1cc(O)c([C@H]2C=C(C)CCC2)c(O)c1. The van der Waals surface area contributed by atoms with E-state index in [0.29, 0.717) is 0 Å². The van der Waals surface area contributed by atoms with Crippen molar-refractivity contribution in [2.75, 3.05) is 0 Å². The summed E-state index contributed by atoms with van der Waals surface area (Å²) >= 11 is 0. The van der Waals surface area contributed by atoms with Gasteiger partial charge in [-0.2, -0.15) is 0 Å². The molecule has 0 amide bonds. The number of unbranched alkanes of at least 4 members (excludes halogenated alkanes) is 17. The van der Waals surface area contributed by atoms with Gasteiger partial charge < -0.3 is 10.2 Å². The van der Waals surface area contributed by atoms with E-state index >= 15 is 0 Å². The van der Waals surface area contributed by atoms with E-state index in [9.17, 15) is 10.2 Å². The van der Waals surface area contributed by atoms with Gasteiger partial charge in [0.2, 0.25) is 0 Å². The number of rotatable bonds is 20. The predicted octanol–water partition coefficient (Wildman–Crippen LogP) is 10.9. The third kappa shape index (κ3) is 12.9. The maximum absolute atomic E-state index is 10.6. The fraction of sp³-hybridized carbons (Fsp3) is 0.758. The fourth-order valence-corrected chi connectivity index (χ4v) is 5.77. The molecule has 2 N–H and O–H groups in total. The third-order valence-corrected chi connectivity index (χ3v) is 7.96. The number of aryl methyl sites for hydroxylation is 1. The van der Waals surface area contributed by atoms with Crippen molar-refractivity contribution in [1.29, 1.82) is 0 Å². The molecule has 0 radical (unpaired) electrons. The largest absolute Gasteiger partial charge is 0.507 e. The molecule has 1 aliphatic carbocycles. The highest BCUT2D eigenvalue weighted by Gasteiger charge is 2.21. The molecular formula is C33H56O2. The monoisotopic (exact) mass is 484 g/mol. The second kappa shape index (κ2) is 18.8. The van der Waals surface area contributed by atoms with Gasteiger partial charge in [-0.15, -0.1) is 0 Å². The first-order valence-electron chi connectivity index (χ1n) is 15.3. The first-order valence-corrected chi connectivity index (χ1v) is 15.3. The van der Waals surface area contributed by atoms with Crippen molar-refractivity contribution in [1.82, 2.24) is 0 Å². The Morgan fingerprint density at radius 3 is 1.51 bits per heavy atom. The van der Waals surface area contributed by atoms with E-state index in [1.807, 2.05) is 12.1 Å². The molecule has 1 atom stereocenters. The van der Waals surface area contributed by atoms with E-state index < -0.39 is 0 Å². The molecule has 200 valence electrons. The van der Waals surface area contributed by atoms with E-state index in [1.54, 1.807) is 0 Å². The molecule has 0 saturated heterocycles. The highest BCUT2D eigenvalue weighted by atomic mass is 16.3. The zero-order chi connectivity index (χ0) is 25.1. The normalized spacial score (nSPS) is 15.9.